The fourth-order valence-electron chi connectivity index (χ4n) is 3.00. The van der Waals surface area contributed by atoms with Crippen LogP contribution in [0.15, 0.2) is 65.8 Å². The van der Waals surface area contributed by atoms with Crippen molar-refractivity contribution in [1.29, 1.82) is 0 Å². The molecular formula is C22H26N4O2S. The van der Waals surface area contributed by atoms with Crippen molar-refractivity contribution in [1.82, 2.24) is 20.1 Å². The van der Waals surface area contributed by atoms with Gasteiger partial charge in [-0.05, 0) is 38.5 Å². The van der Waals surface area contributed by atoms with E-state index in [0.29, 0.717) is 11.7 Å². The molecule has 3 rings (SSSR count). The van der Waals surface area contributed by atoms with Crippen LogP contribution >= 0.6 is 11.8 Å². The zero-order chi connectivity index (χ0) is 20.6. The molecule has 0 aliphatic rings. The standard InChI is InChI=1S/C22H26N4O2S/c1-4-26-21(17(3)28-19-13-9-6-10-14-19)24-25-22(26)29-15-20(27)23-16(2)18-11-7-5-8-12-18/h5-14,16-17H,4,15H2,1-3H3,(H,23,27). The summed E-state index contributed by atoms with van der Waals surface area (Å²) in [5.74, 6) is 1.78. The highest BCUT2D eigenvalue weighted by Gasteiger charge is 2.19. The molecule has 152 valence electrons. The van der Waals surface area contributed by atoms with Gasteiger partial charge in [0.25, 0.3) is 0 Å². The molecule has 0 aliphatic heterocycles. The molecule has 6 nitrogen and oxygen atoms in total. The molecular weight excluding hydrogens is 384 g/mol. The molecule has 1 aromatic heterocycles. The maximum Gasteiger partial charge on any atom is 0.230 e. The molecule has 2 unspecified atom stereocenters. The van der Waals surface area contributed by atoms with Gasteiger partial charge < -0.3 is 14.6 Å². The Morgan fingerprint density at radius 2 is 1.72 bits per heavy atom. The van der Waals surface area contributed by atoms with E-state index in [1.165, 1.54) is 11.8 Å². The van der Waals surface area contributed by atoms with Crippen molar-refractivity contribution < 1.29 is 9.53 Å². The van der Waals surface area contributed by atoms with Crippen molar-refractivity contribution in [3.63, 3.8) is 0 Å². The van der Waals surface area contributed by atoms with E-state index in [4.69, 9.17) is 4.74 Å². The second-order valence-corrected chi connectivity index (χ2v) is 7.59. The summed E-state index contributed by atoms with van der Waals surface area (Å²) in [5.41, 5.74) is 1.08. The van der Waals surface area contributed by atoms with E-state index in [0.717, 1.165) is 17.1 Å². The highest BCUT2D eigenvalue weighted by molar-refractivity contribution is 7.99. The van der Waals surface area contributed by atoms with E-state index >= 15 is 0 Å². The van der Waals surface area contributed by atoms with Crippen molar-refractivity contribution in [2.45, 2.75) is 44.6 Å². The van der Waals surface area contributed by atoms with E-state index in [9.17, 15) is 4.79 Å². The minimum absolute atomic E-state index is 0.0351. The largest absolute Gasteiger partial charge is 0.483 e. The Morgan fingerprint density at radius 1 is 1.07 bits per heavy atom. The Kier molecular flexibility index (Phi) is 7.30. The Bertz CT molecular complexity index is 915. The number of carbonyl (C=O) groups is 1. The van der Waals surface area contributed by atoms with Crippen LogP contribution < -0.4 is 10.1 Å². The van der Waals surface area contributed by atoms with Crippen LogP contribution in [0.1, 0.15) is 44.3 Å². The molecule has 0 spiro atoms. The Morgan fingerprint density at radius 3 is 2.38 bits per heavy atom. The maximum absolute atomic E-state index is 12.4. The highest BCUT2D eigenvalue weighted by Crippen LogP contribution is 2.24. The molecule has 1 N–H and O–H groups in total. The van der Waals surface area contributed by atoms with Crippen molar-refractivity contribution in [3.8, 4) is 5.75 Å². The SMILES string of the molecule is CCn1c(SCC(=O)NC(C)c2ccccc2)nnc1C(C)Oc1ccccc1. The molecule has 2 aromatic carbocycles. The summed E-state index contributed by atoms with van der Waals surface area (Å²) in [5, 5.41) is 12.3. The molecule has 2 atom stereocenters. The lowest BCUT2D eigenvalue weighted by Crippen LogP contribution is -2.28. The van der Waals surface area contributed by atoms with Gasteiger partial charge in [0.15, 0.2) is 17.1 Å². The first-order valence-corrected chi connectivity index (χ1v) is 10.7. The van der Waals surface area contributed by atoms with Gasteiger partial charge in [-0.15, -0.1) is 10.2 Å². The first-order valence-electron chi connectivity index (χ1n) is 9.70. The molecule has 29 heavy (non-hydrogen) atoms. The van der Waals surface area contributed by atoms with Crippen LogP contribution in [0.3, 0.4) is 0 Å². The first-order chi connectivity index (χ1) is 14.1. The Labute approximate surface area is 175 Å². The molecule has 0 saturated heterocycles. The van der Waals surface area contributed by atoms with Crippen molar-refractivity contribution in [2.24, 2.45) is 0 Å². The van der Waals surface area contributed by atoms with Crippen molar-refractivity contribution in [2.75, 3.05) is 5.75 Å². The predicted molar refractivity (Wildman–Crippen MR) is 115 cm³/mol. The van der Waals surface area contributed by atoms with E-state index in [1.807, 2.05) is 86.0 Å². The van der Waals surface area contributed by atoms with Gasteiger partial charge >= 0.3 is 0 Å². The lowest BCUT2D eigenvalue weighted by Gasteiger charge is -2.16. The lowest BCUT2D eigenvalue weighted by atomic mass is 10.1. The number of rotatable bonds is 9. The fourth-order valence-corrected chi connectivity index (χ4v) is 3.82. The number of nitrogens with one attached hydrogen (secondary N) is 1. The molecule has 7 heteroatoms. The summed E-state index contributed by atoms with van der Waals surface area (Å²) >= 11 is 1.38. The van der Waals surface area contributed by atoms with Gasteiger partial charge in [-0.3, -0.25) is 4.79 Å². The normalized spacial score (nSPS) is 12.9. The van der Waals surface area contributed by atoms with Gasteiger partial charge in [-0.25, -0.2) is 0 Å². The summed E-state index contributed by atoms with van der Waals surface area (Å²) in [6.07, 6.45) is -0.244. The summed E-state index contributed by atoms with van der Waals surface area (Å²) < 4.78 is 7.96. The molecule has 3 aromatic rings. The van der Waals surface area contributed by atoms with Crippen molar-refractivity contribution >= 4 is 17.7 Å². The van der Waals surface area contributed by atoms with Crippen LogP contribution in [-0.4, -0.2) is 26.4 Å². The number of nitrogens with zero attached hydrogens (tertiary/aromatic N) is 3. The average molecular weight is 411 g/mol. The molecule has 0 saturated carbocycles. The summed E-state index contributed by atoms with van der Waals surface area (Å²) in [6.45, 7) is 6.66. The van der Waals surface area contributed by atoms with Gasteiger partial charge in [0, 0.05) is 6.54 Å². The highest BCUT2D eigenvalue weighted by atomic mass is 32.2. The number of hydrogen-bond acceptors (Lipinski definition) is 5. The van der Waals surface area contributed by atoms with Gasteiger partial charge in [-0.1, -0.05) is 60.3 Å². The van der Waals surface area contributed by atoms with E-state index in [-0.39, 0.29) is 23.8 Å². The third-order valence-electron chi connectivity index (χ3n) is 4.49. The summed E-state index contributed by atoms with van der Waals surface area (Å²) in [7, 11) is 0. The number of ether oxygens (including phenoxy) is 1. The zero-order valence-corrected chi connectivity index (χ0v) is 17.7. The van der Waals surface area contributed by atoms with E-state index in [2.05, 4.69) is 15.5 Å². The van der Waals surface area contributed by atoms with Gasteiger partial charge in [0.2, 0.25) is 5.91 Å². The topological polar surface area (TPSA) is 69.0 Å². The summed E-state index contributed by atoms with van der Waals surface area (Å²) in [4.78, 5) is 12.4. The van der Waals surface area contributed by atoms with Crippen LogP contribution in [0, 0.1) is 0 Å². The zero-order valence-electron chi connectivity index (χ0n) is 16.9. The van der Waals surface area contributed by atoms with Crippen LogP contribution in [0.5, 0.6) is 5.75 Å². The average Bonchev–Trinajstić information content (AvgIpc) is 3.16. The molecule has 1 amide bonds. The van der Waals surface area contributed by atoms with Gasteiger partial charge in [0.1, 0.15) is 5.75 Å². The molecule has 0 fully saturated rings. The number of hydrogen-bond donors (Lipinski definition) is 1. The van der Waals surface area contributed by atoms with Crippen LogP contribution in [-0.2, 0) is 11.3 Å². The van der Waals surface area contributed by atoms with Gasteiger partial charge in [-0.2, -0.15) is 0 Å². The molecule has 1 heterocycles. The third kappa shape index (κ3) is 5.60. The lowest BCUT2D eigenvalue weighted by molar-refractivity contribution is -0.119. The number of thioether (sulfide) groups is 1. The smallest absolute Gasteiger partial charge is 0.230 e. The van der Waals surface area contributed by atoms with Gasteiger partial charge in [0.05, 0.1) is 11.8 Å². The maximum atomic E-state index is 12.4. The monoisotopic (exact) mass is 410 g/mol. The fraction of sp³-hybridized carbons (Fsp3) is 0.318. The summed E-state index contributed by atoms with van der Waals surface area (Å²) in [6, 6.07) is 19.5. The first kappa shape index (κ1) is 20.9. The Hall–Kier alpha value is -2.80. The van der Waals surface area contributed by atoms with Crippen LogP contribution in [0.25, 0.3) is 0 Å². The van der Waals surface area contributed by atoms with Crippen LogP contribution in [0.4, 0.5) is 0 Å². The number of carbonyl (C=O) groups excluding carboxylic acids is 1. The second kappa shape index (κ2) is 10.1. The third-order valence-corrected chi connectivity index (χ3v) is 5.46. The van der Waals surface area contributed by atoms with E-state index < -0.39 is 0 Å². The number of benzene rings is 2. The minimum atomic E-state index is -0.244. The van der Waals surface area contributed by atoms with Crippen molar-refractivity contribution in [3.05, 3.63) is 72.1 Å². The minimum Gasteiger partial charge on any atom is -0.483 e. The molecule has 0 aliphatic carbocycles. The van der Waals surface area contributed by atoms with Crippen LogP contribution in [0.2, 0.25) is 0 Å². The second-order valence-electron chi connectivity index (χ2n) is 6.65. The number of aromatic nitrogens is 3. The molecule has 0 bridgehead atoms. The number of para-hydroxylation sites is 1. The van der Waals surface area contributed by atoms with E-state index in [1.54, 1.807) is 0 Å². The number of amides is 1. The predicted octanol–water partition coefficient (Wildman–Crippen LogP) is 4.41. The Balaban J connectivity index is 1.59. The molecule has 0 radical (unpaired) electrons. The quantitative estimate of drug-likeness (QED) is 0.529.